The van der Waals surface area contributed by atoms with E-state index in [2.05, 4.69) is 19.2 Å². The van der Waals surface area contributed by atoms with E-state index in [1.807, 2.05) is 19.2 Å². The van der Waals surface area contributed by atoms with Gasteiger partial charge in [-0.3, -0.25) is 0 Å². The maximum absolute atomic E-state index is 12.8. The molecule has 1 aromatic heterocycles. The fourth-order valence-corrected chi connectivity index (χ4v) is 5.38. The zero-order chi connectivity index (χ0) is 15.7. The first-order valence-corrected chi connectivity index (χ1v) is 9.47. The second-order valence-corrected chi connectivity index (χ2v) is 9.25. The molecule has 1 aliphatic rings. The standard InChI is InChI=1S/C14H24N2O3S2/c1-11(2)15-8-12-7-13(20-9-12)21(17,18)16-5-6-19-10-14(16,3)4/h7,9,11,15H,5-6,8,10H2,1-4H3. The van der Waals surface area contributed by atoms with Gasteiger partial charge in [0.25, 0.3) is 10.0 Å². The molecular weight excluding hydrogens is 308 g/mol. The summed E-state index contributed by atoms with van der Waals surface area (Å²) >= 11 is 1.29. The minimum Gasteiger partial charge on any atom is -0.378 e. The predicted molar refractivity (Wildman–Crippen MR) is 85.1 cm³/mol. The van der Waals surface area contributed by atoms with E-state index in [1.165, 1.54) is 11.3 Å². The number of hydrogen-bond acceptors (Lipinski definition) is 5. The molecule has 0 aliphatic carbocycles. The minimum absolute atomic E-state index is 0.378. The number of ether oxygens (including phenoxy) is 1. The van der Waals surface area contributed by atoms with Crippen molar-refractivity contribution in [3.63, 3.8) is 0 Å². The van der Waals surface area contributed by atoms with Crippen molar-refractivity contribution in [3.05, 3.63) is 17.0 Å². The number of nitrogens with zero attached hydrogens (tertiary/aromatic N) is 1. The molecule has 7 heteroatoms. The van der Waals surface area contributed by atoms with E-state index in [-0.39, 0.29) is 0 Å². The summed E-state index contributed by atoms with van der Waals surface area (Å²) < 4.78 is 33.0. The van der Waals surface area contributed by atoms with Crippen molar-refractivity contribution in [2.45, 2.75) is 50.0 Å². The van der Waals surface area contributed by atoms with Gasteiger partial charge in [0, 0.05) is 19.1 Å². The van der Waals surface area contributed by atoms with Gasteiger partial charge in [0.15, 0.2) is 0 Å². The Morgan fingerprint density at radius 2 is 2.19 bits per heavy atom. The van der Waals surface area contributed by atoms with Crippen LogP contribution in [-0.2, 0) is 21.3 Å². The van der Waals surface area contributed by atoms with Crippen molar-refractivity contribution >= 4 is 21.4 Å². The highest BCUT2D eigenvalue weighted by Gasteiger charge is 2.40. The molecule has 1 aliphatic heterocycles. The van der Waals surface area contributed by atoms with Crippen LogP contribution in [0.5, 0.6) is 0 Å². The van der Waals surface area contributed by atoms with E-state index in [4.69, 9.17) is 4.74 Å². The Kier molecular flexibility index (Phi) is 5.10. The van der Waals surface area contributed by atoms with Gasteiger partial charge in [-0.1, -0.05) is 13.8 Å². The van der Waals surface area contributed by atoms with Gasteiger partial charge in [-0.2, -0.15) is 4.31 Å². The lowest BCUT2D eigenvalue weighted by atomic mass is 10.1. The van der Waals surface area contributed by atoms with Crippen LogP contribution < -0.4 is 5.32 Å². The lowest BCUT2D eigenvalue weighted by Gasteiger charge is -2.40. The lowest BCUT2D eigenvalue weighted by molar-refractivity contribution is -0.00761. The van der Waals surface area contributed by atoms with Gasteiger partial charge in [-0.05, 0) is 30.9 Å². The largest absolute Gasteiger partial charge is 0.378 e. The van der Waals surface area contributed by atoms with Gasteiger partial charge in [0.05, 0.1) is 18.8 Å². The normalized spacial score (nSPS) is 20.0. The molecule has 5 nitrogen and oxygen atoms in total. The number of rotatable bonds is 5. The highest BCUT2D eigenvalue weighted by Crippen LogP contribution is 2.30. The molecule has 0 atom stereocenters. The third-order valence-electron chi connectivity index (χ3n) is 3.46. The number of nitrogens with one attached hydrogen (secondary N) is 1. The Morgan fingerprint density at radius 1 is 1.48 bits per heavy atom. The van der Waals surface area contributed by atoms with E-state index in [0.717, 1.165) is 5.56 Å². The van der Waals surface area contributed by atoms with Crippen LogP contribution in [0.2, 0.25) is 0 Å². The predicted octanol–water partition coefficient (Wildman–Crippen LogP) is 2.05. The molecule has 1 N–H and O–H groups in total. The highest BCUT2D eigenvalue weighted by atomic mass is 32.2. The summed E-state index contributed by atoms with van der Waals surface area (Å²) in [7, 11) is -3.44. The maximum Gasteiger partial charge on any atom is 0.253 e. The van der Waals surface area contributed by atoms with Gasteiger partial charge < -0.3 is 10.1 Å². The fourth-order valence-electron chi connectivity index (χ4n) is 2.30. The van der Waals surface area contributed by atoms with Crippen LogP contribution >= 0.6 is 11.3 Å². The number of hydrogen-bond donors (Lipinski definition) is 1. The third kappa shape index (κ3) is 3.84. The van der Waals surface area contributed by atoms with Crippen LogP contribution in [0.4, 0.5) is 0 Å². The first-order chi connectivity index (χ1) is 9.73. The number of sulfonamides is 1. The van der Waals surface area contributed by atoms with Crippen LogP contribution in [0, 0.1) is 0 Å². The van der Waals surface area contributed by atoms with Crippen molar-refractivity contribution in [2.75, 3.05) is 19.8 Å². The molecule has 1 aromatic rings. The molecule has 1 saturated heterocycles. The summed E-state index contributed by atoms with van der Waals surface area (Å²) in [6, 6.07) is 2.16. The van der Waals surface area contributed by atoms with Gasteiger partial charge in [0.1, 0.15) is 4.21 Å². The zero-order valence-electron chi connectivity index (χ0n) is 13.0. The quantitative estimate of drug-likeness (QED) is 0.896. The van der Waals surface area contributed by atoms with Crippen LogP contribution in [0.3, 0.4) is 0 Å². The Hall–Kier alpha value is -0.470. The molecule has 0 saturated carbocycles. The van der Waals surface area contributed by atoms with Gasteiger partial charge in [-0.15, -0.1) is 11.3 Å². The van der Waals surface area contributed by atoms with E-state index in [9.17, 15) is 8.42 Å². The minimum atomic E-state index is -3.44. The molecular formula is C14H24N2O3S2. The molecule has 2 heterocycles. The average Bonchev–Trinajstić information content (AvgIpc) is 2.85. The smallest absolute Gasteiger partial charge is 0.253 e. The van der Waals surface area contributed by atoms with Crippen LogP contribution in [0.15, 0.2) is 15.7 Å². The van der Waals surface area contributed by atoms with Gasteiger partial charge in [0.2, 0.25) is 0 Å². The second-order valence-electron chi connectivity index (χ2n) is 6.25. The summed E-state index contributed by atoms with van der Waals surface area (Å²) in [5.74, 6) is 0. The Morgan fingerprint density at radius 3 is 2.81 bits per heavy atom. The van der Waals surface area contributed by atoms with Crippen LogP contribution in [-0.4, -0.2) is 44.1 Å². The average molecular weight is 332 g/mol. The fraction of sp³-hybridized carbons (Fsp3) is 0.714. The first-order valence-electron chi connectivity index (χ1n) is 7.15. The summed E-state index contributed by atoms with van der Waals surface area (Å²) in [6.07, 6.45) is 0. The van der Waals surface area contributed by atoms with E-state index in [1.54, 1.807) is 10.4 Å². The van der Waals surface area contributed by atoms with E-state index < -0.39 is 15.6 Å². The summed E-state index contributed by atoms with van der Waals surface area (Å²) in [4.78, 5) is 0. The number of morpholine rings is 1. The highest BCUT2D eigenvalue weighted by molar-refractivity contribution is 7.91. The molecule has 21 heavy (non-hydrogen) atoms. The molecule has 0 unspecified atom stereocenters. The molecule has 120 valence electrons. The second kappa shape index (κ2) is 6.34. The summed E-state index contributed by atoms with van der Waals surface area (Å²) in [5.41, 5.74) is 0.510. The van der Waals surface area contributed by atoms with Gasteiger partial charge >= 0.3 is 0 Å². The Labute approximate surface area is 131 Å². The van der Waals surface area contributed by atoms with Crippen LogP contribution in [0.1, 0.15) is 33.3 Å². The first kappa shape index (κ1) is 16.9. The monoisotopic (exact) mass is 332 g/mol. The van der Waals surface area contributed by atoms with E-state index in [0.29, 0.717) is 36.6 Å². The van der Waals surface area contributed by atoms with Crippen molar-refractivity contribution in [2.24, 2.45) is 0 Å². The molecule has 0 spiro atoms. The Balaban J connectivity index is 2.19. The lowest BCUT2D eigenvalue weighted by Crippen LogP contribution is -2.55. The molecule has 0 radical (unpaired) electrons. The number of thiophene rings is 1. The SMILES string of the molecule is CC(C)NCc1csc(S(=O)(=O)N2CCOCC2(C)C)c1. The van der Waals surface area contributed by atoms with Crippen LogP contribution in [0.25, 0.3) is 0 Å². The van der Waals surface area contributed by atoms with Crippen molar-refractivity contribution < 1.29 is 13.2 Å². The summed E-state index contributed by atoms with van der Waals surface area (Å²) in [6.45, 7) is 9.93. The Bertz CT molecular complexity index is 579. The topological polar surface area (TPSA) is 58.6 Å². The third-order valence-corrected chi connectivity index (χ3v) is 7.03. The molecule has 0 aromatic carbocycles. The van der Waals surface area contributed by atoms with Gasteiger partial charge in [-0.25, -0.2) is 8.42 Å². The van der Waals surface area contributed by atoms with Crippen molar-refractivity contribution in [3.8, 4) is 0 Å². The molecule has 0 bridgehead atoms. The molecule has 0 amide bonds. The molecule has 1 fully saturated rings. The molecule has 2 rings (SSSR count). The van der Waals surface area contributed by atoms with Crippen molar-refractivity contribution in [1.29, 1.82) is 0 Å². The maximum atomic E-state index is 12.8. The van der Waals surface area contributed by atoms with E-state index >= 15 is 0 Å². The zero-order valence-corrected chi connectivity index (χ0v) is 14.7. The summed E-state index contributed by atoms with van der Waals surface area (Å²) in [5, 5.41) is 5.21. The van der Waals surface area contributed by atoms with Crippen molar-refractivity contribution in [1.82, 2.24) is 9.62 Å².